The number of nitrogens with zero attached hydrogens (tertiary/aromatic N) is 5. The van der Waals surface area contributed by atoms with Gasteiger partial charge in [0.1, 0.15) is 12.1 Å². The lowest BCUT2D eigenvalue weighted by Crippen LogP contribution is -2.39. The summed E-state index contributed by atoms with van der Waals surface area (Å²) in [7, 11) is 3.57. The third-order valence-corrected chi connectivity index (χ3v) is 6.37. The van der Waals surface area contributed by atoms with Crippen molar-refractivity contribution >= 4 is 34.5 Å². The molecule has 9 nitrogen and oxygen atoms in total. The van der Waals surface area contributed by atoms with E-state index in [1.165, 1.54) is 5.56 Å². The van der Waals surface area contributed by atoms with Crippen LogP contribution in [0, 0.1) is 6.92 Å². The molecular weight excluding hydrogens is 430 g/mol. The Morgan fingerprint density at radius 3 is 2.62 bits per heavy atom. The van der Waals surface area contributed by atoms with E-state index in [1.807, 2.05) is 11.6 Å². The Hall–Kier alpha value is -3.20. The molecule has 2 aromatic heterocycles. The van der Waals surface area contributed by atoms with Gasteiger partial charge in [-0.2, -0.15) is 9.97 Å². The summed E-state index contributed by atoms with van der Waals surface area (Å²) in [6, 6.07) is 6.53. The lowest BCUT2D eigenvalue weighted by Gasteiger charge is -2.32. The highest BCUT2D eigenvalue weighted by molar-refractivity contribution is 5.87. The van der Waals surface area contributed by atoms with Crippen LogP contribution in [0.1, 0.15) is 44.7 Å². The second-order valence-corrected chi connectivity index (χ2v) is 9.98. The monoisotopic (exact) mass is 465 g/mol. The van der Waals surface area contributed by atoms with E-state index in [0.29, 0.717) is 11.6 Å². The van der Waals surface area contributed by atoms with Crippen molar-refractivity contribution < 1.29 is 9.53 Å². The fourth-order valence-corrected chi connectivity index (χ4v) is 4.11. The summed E-state index contributed by atoms with van der Waals surface area (Å²) in [5.74, 6) is 1.29. The summed E-state index contributed by atoms with van der Waals surface area (Å²) in [6.07, 6.45) is 3.46. The summed E-state index contributed by atoms with van der Waals surface area (Å²) in [5.41, 5.74) is 5.02. The van der Waals surface area contributed by atoms with Gasteiger partial charge in [0.15, 0.2) is 11.5 Å². The van der Waals surface area contributed by atoms with Crippen molar-refractivity contribution in [2.45, 2.75) is 52.1 Å². The number of aryl methyl sites for hydroxylation is 2. The molecule has 3 aromatic rings. The minimum absolute atomic E-state index is 0.0486. The fraction of sp³-hybridized carbons (Fsp3) is 0.520. The van der Waals surface area contributed by atoms with Gasteiger partial charge in [-0.25, -0.2) is 4.98 Å². The van der Waals surface area contributed by atoms with Crippen molar-refractivity contribution in [3.8, 4) is 0 Å². The van der Waals surface area contributed by atoms with Crippen LogP contribution >= 0.6 is 0 Å². The second-order valence-electron chi connectivity index (χ2n) is 9.98. The van der Waals surface area contributed by atoms with Crippen molar-refractivity contribution in [1.29, 1.82) is 0 Å². The molecule has 182 valence electrons. The highest BCUT2D eigenvalue weighted by Crippen LogP contribution is 2.31. The molecule has 4 rings (SSSR count). The average molecular weight is 466 g/mol. The molecule has 1 aliphatic rings. The predicted octanol–water partition coefficient (Wildman–Crippen LogP) is 3.44. The van der Waals surface area contributed by atoms with Gasteiger partial charge in [0, 0.05) is 32.9 Å². The van der Waals surface area contributed by atoms with Crippen LogP contribution in [0.15, 0.2) is 24.5 Å². The Morgan fingerprint density at radius 1 is 1.21 bits per heavy atom. The number of hydrogen-bond acceptors (Lipinski definition) is 7. The number of hydrogen-bond donors (Lipinski definition) is 2. The standard InChI is InChI=1S/C25H35N7O2/c1-16-7-8-17(25(2,3)4)13-19(16)28-23-21-22(27-15-31(21)6)29-24(30-23)32-11-9-18(10-12-32)34-14-20(33)26-5/h7-8,13,15,18H,9-12,14H2,1-6H3,(H,26,33)(H,28,29,30). The highest BCUT2D eigenvalue weighted by atomic mass is 16.5. The van der Waals surface area contributed by atoms with E-state index in [4.69, 9.17) is 14.7 Å². The number of aromatic nitrogens is 4. The molecule has 0 bridgehead atoms. The molecule has 2 N–H and O–H groups in total. The molecule has 0 radical (unpaired) electrons. The zero-order chi connectivity index (χ0) is 24.5. The molecular formula is C25H35N7O2. The molecule has 1 amide bonds. The molecule has 1 saturated heterocycles. The number of carbonyl (C=O) groups excluding carboxylic acids is 1. The number of ether oxygens (including phenoxy) is 1. The first-order valence-corrected chi connectivity index (χ1v) is 11.8. The van der Waals surface area contributed by atoms with Crippen molar-refractivity contribution in [3.05, 3.63) is 35.7 Å². The van der Waals surface area contributed by atoms with Gasteiger partial charge in [0.2, 0.25) is 11.9 Å². The topological polar surface area (TPSA) is 97.2 Å². The molecule has 0 unspecified atom stereocenters. The predicted molar refractivity (Wildman–Crippen MR) is 135 cm³/mol. The quantitative estimate of drug-likeness (QED) is 0.575. The second kappa shape index (κ2) is 9.58. The van der Waals surface area contributed by atoms with Crippen LogP contribution in [0.3, 0.4) is 0 Å². The van der Waals surface area contributed by atoms with Crippen LogP contribution in [0.25, 0.3) is 11.2 Å². The number of fused-ring (bicyclic) bond motifs is 1. The van der Waals surface area contributed by atoms with Gasteiger partial charge in [-0.15, -0.1) is 0 Å². The largest absolute Gasteiger partial charge is 0.368 e. The lowest BCUT2D eigenvalue weighted by atomic mass is 9.86. The van der Waals surface area contributed by atoms with Gasteiger partial charge in [0.05, 0.1) is 12.4 Å². The van der Waals surface area contributed by atoms with Crippen molar-refractivity contribution in [2.75, 3.05) is 37.0 Å². The van der Waals surface area contributed by atoms with Crippen LogP contribution in [0.4, 0.5) is 17.5 Å². The Morgan fingerprint density at radius 2 is 1.94 bits per heavy atom. The van der Waals surface area contributed by atoms with E-state index in [1.54, 1.807) is 13.4 Å². The number of piperidine rings is 1. The molecule has 1 aliphatic heterocycles. The number of amides is 1. The van der Waals surface area contributed by atoms with E-state index >= 15 is 0 Å². The van der Waals surface area contributed by atoms with Crippen LogP contribution in [-0.2, 0) is 22.0 Å². The minimum atomic E-state index is -0.104. The summed E-state index contributed by atoms with van der Waals surface area (Å²) < 4.78 is 7.69. The maximum atomic E-state index is 11.5. The maximum absolute atomic E-state index is 11.5. The van der Waals surface area contributed by atoms with Crippen molar-refractivity contribution in [1.82, 2.24) is 24.8 Å². The van der Waals surface area contributed by atoms with Crippen LogP contribution in [0.5, 0.6) is 0 Å². The van der Waals surface area contributed by atoms with Gasteiger partial charge < -0.3 is 24.8 Å². The molecule has 34 heavy (non-hydrogen) atoms. The van der Waals surface area contributed by atoms with Gasteiger partial charge >= 0.3 is 0 Å². The Bertz CT molecular complexity index is 1170. The molecule has 3 heterocycles. The number of imidazole rings is 1. The molecule has 0 saturated carbocycles. The van der Waals surface area contributed by atoms with E-state index in [9.17, 15) is 4.79 Å². The van der Waals surface area contributed by atoms with Crippen LogP contribution in [-0.4, -0.2) is 58.3 Å². The Labute approximate surface area is 200 Å². The molecule has 0 atom stereocenters. The number of benzene rings is 1. The van der Waals surface area contributed by atoms with Crippen LogP contribution in [0.2, 0.25) is 0 Å². The first-order chi connectivity index (χ1) is 16.2. The molecule has 0 aliphatic carbocycles. The third kappa shape index (κ3) is 5.14. The van der Waals surface area contributed by atoms with Gasteiger partial charge in [-0.05, 0) is 42.4 Å². The first kappa shape index (κ1) is 23.9. The smallest absolute Gasteiger partial charge is 0.245 e. The van der Waals surface area contributed by atoms with Gasteiger partial charge in [-0.1, -0.05) is 32.9 Å². The SMILES string of the molecule is CNC(=O)COC1CCN(c2nc(Nc3cc(C(C)(C)C)ccc3C)c3c(ncn3C)n2)CC1. The van der Waals surface area contributed by atoms with E-state index in [-0.39, 0.29) is 24.0 Å². The molecule has 9 heteroatoms. The van der Waals surface area contributed by atoms with Crippen molar-refractivity contribution in [2.24, 2.45) is 7.05 Å². The van der Waals surface area contributed by atoms with Gasteiger partial charge in [-0.3, -0.25) is 4.79 Å². The molecule has 1 aromatic carbocycles. The van der Waals surface area contributed by atoms with E-state index in [0.717, 1.165) is 48.5 Å². The molecule has 0 spiro atoms. The normalized spacial score (nSPS) is 15.1. The number of rotatable bonds is 6. The third-order valence-electron chi connectivity index (χ3n) is 6.37. The van der Waals surface area contributed by atoms with E-state index < -0.39 is 0 Å². The number of nitrogens with one attached hydrogen (secondary N) is 2. The van der Waals surface area contributed by atoms with Gasteiger partial charge in [0.25, 0.3) is 0 Å². The maximum Gasteiger partial charge on any atom is 0.245 e. The minimum Gasteiger partial charge on any atom is -0.368 e. The summed E-state index contributed by atoms with van der Waals surface area (Å²) in [4.78, 5) is 27.8. The molecule has 1 fully saturated rings. The average Bonchev–Trinajstić information content (AvgIpc) is 3.19. The fourth-order valence-electron chi connectivity index (χ4n) is 4.11. The van der Waals surface area contributed by atoms with E-state index in [2.05, 4.69) is 66.4 Å². The number of likely N-dealkylation sites (N-methyl/N-ethyl adjacent to an activating group) is 1. The Kier molecular flexibility index (Phi) is 6.74. The summed E-state index contributed by atoms with van der Waals surface area (Å²) in [5, 5.41) is 6.16. The summed E-state index contributed by atoms with van der Waals surface area (Å²) in [6.45, 7) is 10.4. The number of anilines is 3. The zero-order valence-corrected chi connectivity index (χ0v) is 21.0. The summed E-state index contributed by atoms with van der Waals surface area (Å²) >= 11 is 0. The zero-order valence-electron chi connectivity index (χ0n) is 21.0. The first-order valence-electron chi connectivity index (χ1n) is 11.8. The van der Waals surface area contributed by atoms with Crippen LogP contribution < -0.4 is 15.5 Å². The lowest BCUT2D eigenvalue weighted by molar-refractivity contribution is -0.127. The Balaban J connectivity index is 1.59. The van der Waals surface area contributed by atoms with Crippen molar-refractivity contribution in [3.63, 3.8) is 0 Å². The highest BCUT2D eigenvalue weighted by Gasteiger charge is 2.24. The number of carbonyl (C=O) groups is 1.